The number of hydrogen-bond donors (Lipinski definition) is 3. The monoisotopic (exact) mass is 367 g/mol. The summed E-state index contributed by atoms with van der Waals surface area (Å²) in [6.07, 6.45) is 4.67. The molecule has 0 saturated carbocycles. The average Bonchev–Trinajstić information content (AvgIpc) is 3.11. The van der Waals surface area contributed by atoms with Gasteiger partial charge in [-0.1, -0.05) is 48.0 Å². The van der Waals surface area contributed by atoms with E-state index in [1.54, 1.807) is 0 Å². The van der Waals surface area contributed by atoms with Crippen LogP contribution in [0.15, 0.2) is 54.7 Å². The number of aromatic amines is 1. The van der Waals surface area contributed by atoms with E-state index in [1.807, 2.05) is 48.7 Å². The van der Waals surface area contributed by atoms with Crippen molar-refractivity contribution in [3.05, 3.63) is 76.4 Å². The number of aliphatic hydroxyl groups is 1. The molecule has 1 aliphatic rings. The zero-order valence-electron chi connectivity index (χ0n) is 14.5. The number of H-pyrrole nitrogens is 1. The maximum absolute atomic E-state index is 11.2. The maximum atomic E-state index is 11.2. The normalized spacial score (nSPS) is 19.3. The predicted octanol–water partition coefficient (Wildman–Crippen LogP) is 4.04. The molecule has 1 atom stereocenters. The van der Waals surface area contributed by atoms with Gasteiger partial charge in [0.25, 0.3) is 0 Å². The van der Waals surface area contributed by atoms with Crippen molar-refractivity contribution in [1.82, 2.24) is 15.5 Å². The second kappa shape index (κ2) is 7.23. The minimum absolute atomic E-state index is 0.523. The van der Waals surface area contributed by atoms with Gasteiger partial charge >= 0.3 is 0 Å². The SMILES string of the molecule is OC1(CNCc2cn[nH]c2-c2ccc(Cl)cc2)CCCc2ccccc21. The lowest BCUT2D eigenvalue weighted by Crippen LogP contribution is -2.40. The van der Waals surface area contributed by atoms with Gasteiger partial charge in [0.15, 0.2) is 0 Å². The number of fused-ring (bicyclic) bond motifs is 1. The zero-order chi connectivity index (χ0) is 18.0. The molecular formula is C21H22ClN3O. The Hall–Kier alpha value is -2.14. The van der Waals surface area contributed by atoms with Gasteiger partial charge in [-0.25, -0.2) is 0 Å². The molecule has 0 saturated heterocycles. The highest BCUT2D eigenvalue weighted by Gasteiger charge is 2.33. The van der Waals surface area contributed by atoms with E-state index in [1.165, 1.54) is 5.56 Å². The molecule has 0 radical (unpaired) electrons. The molecule has 1 aromatic heterocycles. The van der Waals surface area contributed by atoms with Crippen LogP contribution in [0.25, 0.3) is 11.3 Å². The van der Waals surface area contributed by atoms with Crippen molar-refractivity contribution >= 4 is 11.6 Å². The second-order valence-electron chi connectivity index (χ2n) is 6.92. The summed E-state index contributed by atoms with van der Waals surface area (Å²) >= 11 is 5.97. The van der Waals surface area contributed by atoms with E-state index < -0.39 is 5.60 Å². The largest absolute Gasteiger partial charge is 0.384 e. The summed E-state index contributed by atoms with van der Waals surface area (Å²) in [5.74, 6) is 0. The van der Waals surface area contributed by atoms with Gasteiger partial charge in [0.1, 0.15) is 5.60 Å². The van der Waals surface area contributed by atoms with Crippen molar-refractivity contribution in [3.8, 4) is 11.3 Å². The molecular weight excluding hydrogens is 346 g/mol. The maximum Gasteiger partial charge on any atom is 0.102 e. The summed E-state index contributed by atoms with van der Waals surface area (Å²) in [6, 6.07) is 15.9. The number of aromatic nitrogens is 2. The van der Waals surface area contributed by atoms with Gasteiger partial charge in [-0.15, -0.1) is 0 Å². The quantitative estimate of drug-likeness (QED) is 0.637. The van der Waals surface area contributed by atoms with E-state index >= 15 is 0 Å². The molecule has 134 valence electrons. The van der Waals surface area contributed by atoms with Crippen molar-refractivity contribution < 1.29 is 5.11 Å². The van der Waals surface area contributed by atoms with Gasteiger partial charge in [-0.05, 0) is 48.1 Å². The fourth-order valence-electron chi connectivity index (χ4n) is 3.80. The first-order valence-electron chi connectivity index (χ1n) is 8.95. The molecule has 0 amide bonds. The summed E-state index contributed by atoms with van der Waals surface area (Å²) in [7, 11) is 0. The Bertz CT molecular complexity index is 890. The first-order valence-corrected chi connectivity index (χ1v) is 9.33. The number of rotatable bonds is 5. The number of benzene rings is 2. The highest BCUT2D eigenvalue weighted by molar-refractivity contribution is 6.30. The van der Waals surface area contributed by atoms with Crippen LogP contribution in [0.2, 0.25) is 5.02 Å². The van der Waals surface area contributed by atoms with Gasteiger partial charge in [-0.2, -0.15) is 5.10 Å². The Morgan fingerprint density at radius 2 is 1.96 bits per heavy atom. The standard InChI is InChI=1S/C21H22ClN3O/c22-18-9-7-16(8-10-18)20-17(13-24-25-20)12-23-14-21(26)11-3-5-15-4-1-2-6-19(15)21/h1-2,4,6-10,13,23,26H,3,5,11-12,14H2,(H,24,25). The molecule has 0 spiro atoms. The van der Waals surface area contributed by atoms with E-state index in [-0.39, 0.29) is 0 Å². The number of aryl methyl sites for hydroxylation is 1. The molecule has 4 nitrogen and oxygen atoms in total. The third-order valence-electron chi connectivity index (χ3n) is 5.14. The van der Waals surface area contributed by atoms with Crippen molar-refractivity contribution in [2.75, 3.05) is 6.54 Å². The van der Waals surface area contributed by atoms with E-state index in [0.29, 0.717) is 18.1 Å². The molecule has 3 N–H and O–H groups in total. The lowest BCUT2D eigenvalue weighted by atomic mass is 9.79. The molecule has 0 fully saturated rings. The predicted molar refractivity (Wildman–Crippen MR) is 104 cm³/mol. The molecule has 1 unspecified atom stereocenters. The number of nitrogens with one attached hydrogen (secondary N) is 2. The molecule has 1 heterocycles. The lowest BCUT2D eigenvalue weighted by molar-refractivity contribution is 0.0189. The van der Waals surface area contributed by atoms with E-state index in [4.69, 9.17) is 11.6 Å². The fourth-order valence-corrected chi connectivity index (χ4v) is 3.92. The summed E-state index contributed by atoms with van der Waals surface area (Å²) < 4.78 is 0. The smallest absolute Gasteiger partial charge is 0.102 e. The Morgan fingerprint density at radius 3 is 2.81 bits per heavy atom. The van der Waals surface area contributed by atoms with E-state index in [9.17, 15) is 5.11 Å². The second-order valence-corrected chi connectivity index (χ2v) is 7.36. The highest BCUT2D eigenvalue weighted by atomic mass is 35.5. The summed E-state index contributed by atoms with van der Waals surface area (Å²) in [6.45, 7) is 1.16. The van der Waals surface area contributed by atoms with E-state index in [2.05, 4.69) is 21.6 Å². The average molecular weight is 368 g/mol. The molecule has 0 aliphatic heterocycles. The molecule has 4 rings (SSSR count). The third kappa shape index (κ3) is 3.40. The Kier molecular flexibility index (Phi) is 4.81. The van der Waals surface area contributed by atoms with Gasteiger partial charge in [0.05, 0.1) is 11.9 Å². The Labute approximate surface area is 158 Å². The summed E-state index contributed by atoms with van der Waals surface area (Å²) in [5.41, 5.74) is 4.60. The molecule has 5 heteroatoms. The highest BCUT2D eigenvalue weighted by Crippen LogP contribution is 2.34. The van der Waals surface area contributed by atoms with Gasteiger partial charge < -0.3 is 10.4 Å². The van der Waals surface area contributed by atoms with Crippen LogP contribution >= 0.6 is 11.6 Å². The minimum atomic E-state index is -0.807. The Balaban J connectivity index is 1.47. The number of nitrogens with zero attached hydrogens (tertiary/aromatic N) is 1. The number of halogens is 1. The molecule has 2 aromatic carbocycles. The lowest BCUT2D eigenvalue weighted by Gasteiger charge is -2.34. The van der Waals surface area contributed by atoms with Crippen LogP contribution in [0.4, 0.5) is 0 Å². The number of hydrogen-bond acceptors (Lipinski definition) is 3. The van der Waals surface area contributed by atoms with Crippen molar-refractivity contribution in [2.24, 2.45) is 0 Å². The minimum Gasteiger partial charge on any atom is -0.384 e. The van der Waals surface area contributed by atoms with E-state index in [0.717, 1.165) is 41.6 Å². The first-order chi connectivity index (χ1) is 12.7. The Morgan fingerprint density at radius 1 is 1.15 bits per heavy atom. The van der Waals surface area contributed by atoms with Crippen LogP contribution in [0.3, 0.4) is 0 Å². The zero-order valence-corrected chi connectivity index (χ0v) is 15.3. The summed E-state index contributed by atoms with van der Waals surface area (Å²) in [5, 5.41) is 22.5. The van der Waals surface area contributed by atoms with Crippen LogP contribution in [0.1, 0.15) is 29.5 Å². The van der Waals surface area contributed by atoms with Crippen LogP contribution in [0.5, 0.6) is 0 Å². The van der Waals surface area contributed by atoms with Crippen molar-refractivity contribution in [1.29, 1.82) is 0 Å². The van der Waals surface area contributed by atoms with Crippen molar-refractivity contribution in [3.63, 3.8) is 0 Å². The van der Waals surface area contributed by atoms with Gasteiger partial charge in [0.2, 0.25) is 0 Å². The third-order valence-corrected chi connectivity index (χ3v) is 5.39. The van der Waals surface area contributed by atoms with Crippen LogP contribution < -0.4 is 5.32 Å². The molecule has 0 bridgehead atoms. The van der Waals surface area contributed by atoms with Gasteiger partial charge in [-0.3, -0.25) is 5.10 Å². The summed E-state index contributed by atoms with van der Waals surface area (Å²) in [4.78, 5) is 0. The van der Waals surface area contributed by atoms with Crippen LogP contribution in [-0.4, -0.2) is 21.8 Å². The first kappa shape index (κ1) is 17.3. The van der Waals surface area contributed by atoms with Gasteiger partial charge in [0, 0.05) is 23.7 Å². The topological polar surface area (TPSA) is 60.9 Å². The van der Waals surface area contributed by atoms with Crippen LogP contribution in [0, 0.1) is 0 Å². The molecule has 3 aromatic rings. The fraction of sp³-hybridized carbons (Fsp3) is 0.286. The van der Waals surface area contributed by atoms with Crippen LogP contribution in [-0.2, 0) is 18.6 Å². The molecule has 26 heavy (non-hydrogen) atoms. The van der Waals surface area contributed by atoms with Crippen molar-refractivity contribution in [2.45, 2.75) is 31.4 Å². The molecule has 1 aliphatic carbocycles.